The Balaban J connectivity index is 1.75. The van der Waals surface area contributed by atoms with Gasteiger partial charge in [0.1, 0.15) is 11.6 Å². The number of benzene rings is 2. The van der Waals surface area contributed by atoms with Crippen molar-refractivity contribution in [3.05, 3.63) is 65.5 Å². The highest BCUT2D eigenvalue weighted by Crippen LogP contribution is 2.22. The summed E-state index contributed by atoms with van der Waals surface area (Å²) in [5.74, 6) is 0.557. The number of hydrogen-bond acceptors (Lipinski definition) is 2. The fourth-order valence-electron chi connectivity index (χ4n) is 2.48. The fourth-order valence-corrected chi connectivity index (χ4v) is 2.48. The third-order valence-electron chi connectivity index (χ3n) is 4.17. The largest absolute Gasteiger partial charge is 0.497 e. The molecule has 2 amide bonds. The summed E-state index contributed by atoms with van der Waals surface area (Å²) >= 11 is 0. The predicted molar refractivity (Wildman–Crippen MR) is 97.5 cm³/mol. The molecule has 0 atom stereocenters. The Morgan fingerprint density at radius 1 is 1.04 bits per heavy atom. The molecule has 4 nitrogen and oxygen atoms in total. The van der Waals surface area contributed by atoms with Gasteiger partial charge in [0.05, 0.1) is 7.11 Å². The van der Waals surface area contributed by atoms with Crippen LogP contribution in [0.25, 0.3) is 0 Å². The second-order valence-electron chi connectivity index (χ2n) is 6.60. The summed E-state index contributed by atoms with van der Waals surface area (Å²) in [6, 6.07) is 13.9. The third kappa shape index (κ3) is 5.78. The molecule has 25 heavy (non-hydrogen) atoms. The number of methoxy groups -OCH3 is 1. The highest BCUT2D eigenvalue weighted by molar-refractivity contribution is 5.73. The lowest BCUT2D eigenvalue weighted by molar-refractivity contribution is 0.238. The van der Waals surface area contributed by atoms with Crippen molar-refractivity contribution in [2.24, 2.45) is 0 Å². The number of nitrogens with one attached hydrogen (secondary N) is 2. The summed E-state index contributed by atoms with van der Waals surface area (Å²) in [7, 11) is 1.63. The molecule has 0 aliphatic rings. The maximum absolute atomic E-state index is 13.0. The molecule has 0 aliphatic carbocycles. The van der Waals surface area contributed by atoms with Crippen LogP contribution in [0, 0.1) is 5.82 Å². The first-order valence-corrected chi connectivity index (χ1v) is 8.31. The summed E-state index contributed by atoms with van der Waals surface area (Å²) in [4.78, 5) is 12.0. The Kier molecular flexibility index (Phi) is 6.39. The van der Waals surface area contributed by atoms with E-state index < -0.39 is 0 Å². The Labute approximate surface area is 148 Å². The van der Waals surface area contributed by atoms with Crippen molar-refractivity contribution < 1.29 is 13.9 Å². The summed E-state index contributed by atoms with van der Waals surface area (Å²) in [6.07, 6.45) is 0.749. The highest BCUT2D eigenvalue weighted by atomic mass is 19.1. The van der Waals surface area contributed by atoms with Crippen LogP contribution in [0.1, 0.15) is 25.0 Å². The average molecular weight is 344 g/mol. The molecule has 134 valence electrons. The van der Waals surface area contributed by atoms with Crippen LogP contribution in [0.15, 0.2) is 48.5 Å². The molecule has 0 unspecified atom stereocenters. The molecule has 5 heteroatoms. The summed E-state index contributed by atoms with van der Waals surface area (Å²) < 4.78 is 18.1. The lowest BCUT2D eigenvalue weighted by Gasteiger charge is -2.25. The number of carbonyl (C=O) groups excluding carboxylic acids is 1. The van der Waals surface area contributed by atoms with Crippen LogP contribution in [0.5, 0.6) is 5.75 Å². The molecule has 0 radical (unpaired) electrons. The van der Waals surface area contributed by atoms with E-state index in [9.17, 15) is 9.18 Å². The molecule has 2 aromatic carbocycles. The van der Waals surface area contributed by atoms with Crippen molar-refractivity contribution in [3.63, 3.8) is 0 Å². The highest BCUT2D eigenvalue weighted by Gasteiger charge is 2.21. The first kappa shape index (κ1) is 18.8. The lowest BCUT2D eigenvalue weighted by Crippen LogP contribution is -2.42. The minimum absolute atomic E-state index is 0.205. The van der Waals surface area contributed by atoms with Gasteiger partial charge in [-0.1, -0.05) is 38.1 Å². The monoisotopic (exact) mass is 344 g/mol. The van der Waals surface area contributed by atoms with E-state index in [1.807, 2.05) is 38.1 Å². The van der Waals surface area contributed by atoms with Gasteiger partial charge in [-0.15, -0.1) is 0 Å². The van der Waals surface area contributed by atoms with Crippen LogP contribution in [0.3, 0.4) is 0 Å². The molecule has 0 aromatic heterocycles. The van der Waals surface area contributed by atoms with Crippen molar-refractivity contribution in [3.8, 4) is 5.75 Å². The molecule has 0 spiro atoms. The number of rotatable bonds is 7. The predicted octanol–water partition coefficient (Wildman–Crippen LogP) is 3.65. The van der Waals surface area contributed by atoms with E-state index in [1.165, 1.54) is 12.1 Å². The van der Waals surface area contributed by atoms with E-state index in [0.717, 1.165) is 23.3 Å². The molecule has 2 rings (SSSR count). The summed E-state index contributed by atoms with van der Waals surface area (Å²) in [5, 5.41) is 5.73. The van der Waals surface area contributed by atoms with Crippen molar-refractivity contribution >= 4 is 6.03 Å². The van der Waals surface area contributed by atoms with E-state index >= 15 is 0 Å². The first-order chi connectivity index (χ1) is 11.9. The maximum atomic E-state index is 13.0. The SMILES string of the molecule is COc1ccc(CCNC(=O)NCC(C)(C)c2ccc(F)cc2)cc1. The van der Waals surface area contributed by atoms with Crippen LogP contribution >= 0.6 is 0 Å². The van der Waals surface area contributed by atoms with Gasteiger partial charge in [-0.3, -0.25) is 0 Å². The summed E-state index contributed by atoms with van der Waals surface area (Å²) in [6.45, 7) is 5.04. The van der Waals surface area contributed by atoms with E-state index in [-0.39, 0.29) is 17.3 Å². The van der Waals surface area contributed by atoms with Gasteiger partial charge in [-0.05, 0) is 41.8 Å². The van der Waals surface area contributed by atoms with E-state index in [2.05, 4.69) is 10.6 Å². The normalized spacial score (nSPS) is 11.0. The van der Waals surface area contributed by atoms with Gasteiger partial charge in [-0.2, -0.15) is 0 Å². The Bertz CT molecular complexity index is 682. The second-order valence-corrected chi connectivity index (χ2v) is 6.60. The zero-order valence-electron chi connectivity index (χ0n) is 14.9. The second kappa shape index (κ2) is 8.51. The molecule has 0 heterocycles. The molecule has 0 saturated carbocycles. The number of urea groups is 1. The molecule has 0 bridgehead atoms. The topological polar surface area (TPSA) is 50.4 Å². The van der Waals surface area contributed by atoms with Gasteiger partial charge < -0.3 is 15.4 Å². The molecule has 2 aromatic rings. The smallest absolute Gasteiger partial charge is 0.314 e. The average Bonchev–Trinajstić information content (AvgIpc) is 2.61. The van der Waals surface area contributed by atoms with Gasteiger partial charge in [0.25, 0.3) is 0 Å². The number of hydrogen-bond donors (Lipinski definition) is 2. The van der Waals surface area contributed by atoms with E-state index in [1.54, 1.807) is 19.2 Å². The molecule has 2 N–H and O–H groups in total. The van der Waals surface area contributed by atoms with Crippen molar-refractivity contribution in [2.45, 2.75) is 25.7 Å². The van der Waals surface area contributed by atoms with Crippen LogP contribution in [-0.4, -0.2) is 26.2 Å². The van der Waals surface area contributed by atoms with Gasteiger partial charge in [-0.25, -0.2) is 9.18 Å². The van der Waals surface area contributed by atoms with Gasteiger partial charge >= 0.3 is 6.03 Å². The number of ether oxygens (including phenoxy) is 1. The summed E-state index contributed by atoms with van der Waals surface area (Å²) in [5.41, 5.74) is 1.83. The Morgan fingerprint density at radius 2 is 1.68 bits per heavy atom. The standard InChI is InChI=1S/C20H25FN2O2/c1-20(2,16-6-8-17(21)9-7-16)14-23-19(24)22-13-12-15-4-10-18(25-3)11-5-15/h4-11H,12-14H2,1-3H3,(H2,22,23,24). The number of carbonyl (C=O) groups is 1. The van der Waals surface area contributed by atoms with Crippen LogP contribution < -0.4 is 15.4 Å². The van der Waals surface area contributed by atoms with Gasteiger partial charge in [0.2, 0.25) is 0 Å². The van der Waals surface area contributed by atoms with Gasteiger partial charge in [0, 0.05) is 18.5 Å². The lowest BCUT2D eigenvalue weighted by atomic mass is 9.84. The zero-order chi connectivity index (χ0) is 18.3. The Hall–Kier alpha value is -2.56. The molecule has 0 aliphatic heterocycles. The number of halogens is 1. The van der Waals surface area contributed by atoms with Crippen LogP contribution in [0.4, 0.5) is 9.18 Å². The Morgan fingerprint density at radius 3 is 2.28 bits per heavy atom. The minimum Gasteiger partial charge on any atom is -0.497 e. The maximum Gasteiger partial charge on any atom is 0.314 e. The van der Waals surface area contributed by atoms with Crippen LogP contribution in [0.2, 0.25) is 0 Å². The first-order valence-electron chi connectivity index (χ1n) is 8.31. The van der Waals surface area contributed by atoms with Crippen molar-refractivity contribution in [2.75, 3.05) is 20.2 Å². The fraction of sp³-hybridized carbons (Fsp3) is 0.350. The van der Waals surface area contributed by atoms with E-state index in [4.69, 9.17) is 4.74 Å². The molecule has 0 saturated heterocycles. The third-order valence-corrected chi connectivity index (χ3v) is 4.17. The molecular formula is C20H25FN2O2. The van der Waals surface area contributed by atoms with Crippen molar-refractivity contribution in [1.29, 1.82) is 0 Å². The van der Waals surface area contributed by atoms with Crippen molar-refractivity contribution in [1.82, 2.24) is 10.6 Å². The van der Waals surface area contributed by atoms with Gasteiger partial charge in [0.15, 0.2) is 0 Å². The zero-order valence-corrected chi connectivity index (χ0v) is 14.9. The number of amides is 2. The molecule has 0 fully saturated rings. The quantitative estimate of drug-likeness (QED) is 0.805. The van der Waals surface area contributed by atoms with Crippen LogP contribution in [-0.2, 0) is 11.8 Å². The minimum atomic E-state index is -0.277. The van der Waals surface area contributed by atoms with E-state index in [0.29, 0.717) is 13.1 Å². The molecular weight excluding hydrogens is 319 g/mol.